The monoisotopic (exact) mass is 710 g/mol. The number of carbonyl (C=O) groups is 1. The second kappa shape index (κ2) is 13.6. The fourth-order valence-corrected chi connectivity index (χ4v) is 6.86. The van der Waals surface area contributed by atoms with Crippen LogP contribution in [0.2, 0.25) is 0 Å². The predicted octanol–water partition coefficient (Wildman–Crippen LogP) is 8.02. The molecular weight excluding hydrogens is 678 g/mol. The van der Waals surface area contributed by atoms with Crippen molar-refractivity contribution in [2.75, 3.05) is 38.7 Å². The zero-order valence-electron chi connectivity index (χ0n) is 26.0. The molecule has 1 heterocycles. The number of carbonyl (C=O) groups excluding carboxylic acids is 1. The number of ether oxygens (including phenoxy) is 3. The molecule has 0 spiro atoms. The van der Waals surface area contributed by atoms with Crippen LogP contribution in [0.1, 0.15) is 21.5 Å². The van der Waals surface area contributed by atoms with Crippen molar-refractivity contribution < 1.29 is 27.8 Å². The first kappa shape index (κ1) is 33.0. The molecule has 46 heavy (non-hydrogen) atoms. The Balaban J connectivity index is 1.61. The van der Waals surface area contributed by atoms with Crippen molar-refractivity contribution in [2.45, 2.75) is 12.4 Å². The van der Waals surface area contributed by atoms with Gasteiger partial charge in [0, 0.05) is 60.4 Å². The highest BCUT2D eigenvalue weighted by atomic mass is 79.9. The number of fused-ring (bicyclic) bond motifs is 1. The molecule has 0 saturated heterocycles. The summed E-state index contributed by atoms with van der Waals surface area (Å²) in [5.41, 5.74) is 2.46. The molecule has 1 amide bonds. The van der Waals surface area contributed by atoms with Crippen molar-refractivity contribution in [1.82, 2.24) is 4.57 Å². The van der Waals surface area contributed by atoms with Crippen molar-refractivity contribution in [2.24, 2.45) is 0 Å². The van der Waals surface area contributed by atoms with Gasteiger partial charge in [-0.2, -0.15) is 8.46 Å². The average Bonchev–Trinajstić information content (AvgIpc) is 3.02. The molecule has 0 radical (unpaired) electrons. The first-order chi connectivity index (χ1) is 21.9. The van der Waals surface area contributed by atoms with Crippen LogP contribution in [0.3, 0.4) is 0 Å². The number of benzene rings is 4. The van der Waals surface area contributed by atoms with Crippen LogP contribution in [0, 0.1) is 11.6 Å². The smallest absolute Gasteiger partial charge is 0.263 e. The van der Waals surface area contributed by atoms with Crippen LogP contribution in [-0.4, -0.2) is 44.3 Å². The third-order valence-electron chi connectivity index (χ3n) is 7.37. The molecule has 11 heteroatoms. The molecule has 0 aliphatic heterocycles. The molecule has 0 atom stereocenters. The molecule has 0 aliphatic carbocycles. The molecule has 0 unspecified atom stereocenters. The minimum absolute atomic E-state index is 0.0366. The van der Waals surface area contributed by atoms with E-state index in [1.165, 1.54) is 33.0 Å². The van der Waals surface area contributed by atoms with Crippen molar-refractivity contribution in [3.05, 3.63) is 124 Å². The van der Waals surface area contributed by atoms with Gasteiger partial charge >= 0.3 is 0 Å². The Hall–Kier alpha value is -4.35. The van der Waals surface area contributed by atoms with Gasteiger partial charge in [0.05, 0.1) is 25.4 Å². The summed E-state index contributed by atoms with van der Waals surface area (Å²) < 4.78 is 47.0. The third-order valence-corrected chi connectivity index (χ3v) is 9.06. The highest BCUT2D eigenvalue weighted by molar-refractivity contribution is 9.57. The van der Waals surface area contributed by atoms with Crippen LogP contribution in [0.5, 0.6) is 17.2 Å². The van der Waals surface area contributed by atoms with Crippen LogP contribution in [0.25, 0.3) is 16.6 Å². The summed E-state index contributed by atoms with van der Waals surface area (Å²) in [6.07, 6.45) is 5.79. The lowest BCUT2D eigenvalue weighted by atomic mass is 10.1. The summed E-state index contributed by atoms with van der Waals surface area (Å²) in [6.45, 7) is 0.308. The average molecular weight is 712 g/mol. The Morgan fingerprint density at radius 1 is 0.870 bits per heavy atom. The van der Waals surface area contributed by atoms with Crippen molar-refractivity contribution in [1.29, 1.82) is 0 Å². The van der Waals surface area contributed by atoms with E-state index in [-0.39, 0.29) is 16.6 Å². The van der Waals surface area contributed by atoms with Crippen LogP contribution < -0.4 is 24.5 Å². The van der Waals surface area contributed by atoms with Crippen LogP contribution in [-0.2, 0) is 12.4 Å². The third kappa shape index (κ3) is 7.37. The van der Waals surface area contributed by atoms with Gasteiger partial charge in [0.15, 0.2) is 0 Å². The van der Waals surface area contributed by atoms with Crippen LogP contribution in [0.4, 0.5) is 14.5 Å². The highest BCUT2D eigenvalue weighted by Crippen LogP contribution is 2.51. The molecule has 5 aromatic rings. The number of hydrogen-bond acceptors (Lipinski definition) is 5. The lowest BCUT2D eigenvalue weighted by Crippen LogP contribution is -2.32. The number of nitrogens with zero attached hydrogens (tertiary/aromatic N) is 2. The van der Waals surface area contributed by atoms with Crippen molar-refractivity contribution in [3.8, 4) is 22.9 Å². The molecule has 0 bridgehead atoms. The number of hydrogen-bond donors (Lipinski definition) is 0. The summed E-state index contributed by atoms with van der Waals surface area (Å²) in [7, 11) is 3.43. The fourth-order valence-electron chi connectivity index (χ4n) is 5.10. The van der Waals surface area contributed by atoms with E-state index in [4.69, 9.17) is 14.2 Å². The van der Waals surface area contributed by atoms with Gasteiger partial charge in [-0.05, 0) is 62.7 Å². The van der Waals surface area contributed by atoms with Gasteiger partial charge in [0.25, 0.3) is 5.91 Å². The molecule has 7 nitrogen and oxygen atoms in total. The summed E-state index contributed by atoms with van der Waals surface area (Å²) in [6, 6.07) is 21.1. The zero-order chi connectivity index (χ0) is 33.2. The van der Waals surface area contributed by atoms with Gasteiger partial charge in [0.1, 0.15) is 41.1 Å². The Labute approximate surface area is 274 Å². The number of aromatic nitrogens is 1. The maximum absolute atomic E-state index is 14.0. The summed E-state index contributed by atoms with van der Waals surface area (Å²) in [4.78, 5) is 28.5. The second-order valence-electron chi connectivity index (χ2n) is 11.1. The molecule has 0 fully saturated rings. The van der Waals surface area contributed by atoms with E-state index < -0.39 is 31.4 Å². The number of amides is 1. The summed E-state index contributed by atoms with van der Waals surface area (Å²) >= 11 is 3.81. The minimum Gasteiger partial charge on any atom is -0.497 e. The normalized spacial score (nSPS) is 11.7. The van der Waals surface area contributed by atoms with E-state index in [0.29, 0.717) is 41.1 Å². The van der Waals surface area contributed by atoms with Gasteiger partial charge < -0.3 is 23.7 Å². The summed E-state index contributed by atoms with van der Waals surface area (Å²) in [5.74, 6) is -0.0579. The van der Waals surface area contributed by atoms with Crippen molar-refractivity contribution in [3.63, 3.8) is 0 Å². The van der Waals surface area contributed by atoms with E-state index in [0.717, 1.165) is 28.3 Å². The quantitative estimate of drug-likeness (QED) is 0.147. The lowest BCUT2D eigenvalue weighted by Gasteiger charge is -2.24. The molecule has 0 saturated carbocycles. The highest BCUT2D eigenvalue weighted by Gasteiger charge is 2.22. The minimum atomic E-state index is -0.976. The van der Waals surface area contributed by atoms with Gasteiger partial charge in [-0.1, -0.05) is 24.3 Å². The Bertz CT molecular complexity index is 1970. The van der Waals surface area contributed by atoms with E-state index in [1.807, 2.05) is 18.2 Å². The SMILES string of the molecule is COc1cc(OCc2ccccc2CS(C)(C)Br)cc(-n2cc(C(=O)N(C)c3cc(F)cc(F)c3)c(=O)c3ccc(OC)cc32)c1. The van der Waals surface area contributed by atoms with Crippen LogP contribution >= 0.6 is 23.3 Å². The first-order valence-corrected chi connectivity index (χ1v) is 18.6. The van der Waals surface area contributed by atoms with E-state index in [9.17, 15) is 18.4 Å². The summed E-state index contributed by atoms with van der Waals surface area (Å²) in [5, 5.41) is 0.240. The topological polar surface area (TPSA) is 70.0 Å². The molecule has 240 valence electrons. The van der Waals surface area contributed by atoms with E-state index in [1.54, 1.807) is 41.0 Å². The van der Waals surface area contributed by atoms with Gasteiger partial charge in [-0.15, -0.1) is 0 Å². The molecule has 1 aromatic heterocycles. The van der Waals surface area contributed by atoms with Crippen molar-refractivity contribution >= 4 is 45.8 Å². The number of halogens is 3. The molecule has 0 N–H and O–H groups in total. The predicted molar refractivity (Wildman–Crippen MR) is 185 cm³/mol. The molecule has 4 aromatic carbocycles. The zero-order valence-corrected chi connectivity index (χ0v) is 28.4. The molecular formula is C35H33BrF2N2O5S. The Kier molecular flexibility index (Phi) is 9.74. The maximum atomic E-state index is 14.0. The van der Waals surface area contributed by atoms with Gasteiger partial charge in [-0.25, -0.2) is 8.78 Å². The first-order valence-electron chi connectivity index (χ1n) is 14.1. The number of methoxy groups -OCH3 is 2. The van der Waals surface area contributed by atoms with E-state index >= 15 is 0 Å². The molecule has 0 aliphatic rings. The fraction of sp³-hybridized carbons (Fsp3) is 0.200. The number of pyridine rings is 1. The largest absolute Gasteiger partial charge is 0.497 e. The molecule has 5 rings (SSSR count). The van der Waals surface area contributed by atoms with Crippen LogP contribution in [0.15, 0.2) is 89.9 Å². The van der Waals surface area contributed by atoms with E-state index in [2.05, 4.69) is 33.4 Å². The van der Waals surface area contributed by atoms with Gasteiger partial charge in [-0.3, -0.25) is 9.59 Å². The standard InChI is InChI=1S/C35H33BrF2N2O5S/c1-39(26-13-24(37)12-25(38)14-26)35(42)32-19-40(33-18-28(43-2)10-11-31(33)34(32)41)27-15-29(44-3)17-30(16-27)45-20-22-8-6-7-9-23(22)21-46(4,5)36/h6-19H,20-21H2,1-5H3. The number of rotatable bonds is 10. The maximum Gasteiger partial charge on any atom is 0.263 e. The number of anilines is 1. The second-order valence-corrected chi connectivity index (χ2v) is 19.4. The Morgan fingerprint density at radius 2 is 1.52 bits per heavy atom. The lowest BCUT2D eigenvalue weighted by molar-refractivity contribution is 0.0991. The van der Waals surface area contributed by atoms with Gasteiger partial charge in [0.2, 0.25) is 5.43 Å². The Morgan fingerprint density at radius 3 is 2.17 bits per heavy atom.